The Balaban J connectivity index is 1.74. The second kappa shape index (κ2) is 6.74. The predicted octanol–water partition coefficient (Wildman–Crippen LogP) is 1.51. The molecule has 6 nitrogen and oxygen atoms in total. The Morgan fingerprint density at radius 3 is 2.71 bits per heavy atom. The monoisotopic (exact) mass is 293 g/mol. The first-order chi connectivity index (χ1) is 9.99. The van der Waals surface area contributed by atoms with Gasteiger partial charge in [-0.25, -0.2) is 0 Å². The van der Waals surface area contributed by atoms with E-state index in [2.05, 4.69) is 10.4 Å². The molecule has 2 rings (SSSR count). The number of hydrogen-bond donors (Lipinski definition) is 2. The molecule has 1 aromatic rings. The van der Waals surface area contributed by atoms with E-state index in [-0.39, 0.29) is 11.8 Å². The van der Waals surface area contributed by atoms with Crippen molar-refractivity contribution in [3.63, 3.8) is 0 Å². The molecule has 1 aromatic heterocycles. The van der Waals surface area contributed by atoms with Crippen molar-refractivity contribution in [1.29, 1.82) is 0 Å². The number of carboxylic acid groups (broad SMARTS) is 1. The third kappa shape index (κ3) is 3.83. The highest BCUT2D eigenvalue weighted by molar-refractivity contribution is 5.85. The summed E-state index contributed by atoms with van der Waals surface area (Å²) in [5.41, 5.74) is 2.10. The van der Waals surface area contributed by atoms with Crippen LogP contribution < -0.4 is 5.32 Å². The molecule has 0 aliphatic heterocycles. The molecule has 116 valence electrons. The molecule has 1 saturated carbocycles. The maximum atomic E-state index is 12.0. The topological polar surface area (TPSA) is 84.2 Å². The average molecular weight is 293 g/mol. The summed E-state index contributed by atoms with van der Waals surface area (Å²) < 4.78 is 1.93. The Bertz CT molecular complexity index is 524. The lowest BCUT2D eigenvalue weighted by molar-refractivity contribution is -0.146. The minimum Gasteiger partial charge on any atom is -0.481 e. The molecule has 0 radical (unpaired) electrons. The molecule has 1 heterocycles. The first kappa shape index (κ1) is 15.5. The van der Waals surface area contributed by atoms with E-state index in [1.54, 1.807) is 0 Å². The Morgan fingerprint density at radius 1 is 1.38 bits per heavy atom. The van der Waals surface area contributed by atoms with E-state index in [0.717, 1.165) is 30.8 Å². The van der Waals surface area contributed by atoms with Gasteiger partial charge in [0, 0.05) is 18.8 Å². The molecular weight excluding hydrogens is 270 g/mol. The molecule has 2 unspecified atom stereocenters. The van der Waals surface area contributed by atoms with Crippen molar-refractivity contribution in [3.8, 4) is 0 Å². The molecule has 0 bridgehead atoms. The second-order valence-electron chi connectivity index (χ2n) is 5.78. The van der Waals surface area contributed by atoms with E-state index in [4.69, 9.17) is 5.11 Å². The van der Waals surface area contributed by atoms with Crippen LogP contribution in [-0.4, -0.2) is 33.3 Å². The first-order valence-corrected chi connectivity index (χ1v) is 7.50. The number of aliphatic carboxylic acids is 1. The van der Waals surface area contributed by atoms with Gasteiger partial charge in [-0.05, 0) is 39.2 Å². The number of nitrogens with zero attached hydrogens (tertiary/aromatic N) is 2. The minimum absolute atomic E-state index is 0.117. The molecule has 1 aliphatic rings. The summed E-state index contributed by atoms with van der Waals surface area (Å²) in [6.45, 7) is 5.28. The molecule has 0 saturated heterocycles. The number of carbonyl (C=O) groups is 2. The highest BCUT2D eigenvalue weighted by Crippen LogP contribution is 2.31. The van der Waals surface area contributed by atoms with Crippen LogP contribution in [0.15, 0.2) is 6.07 Å². The van der Waals surface area contributed by atoms with Crippen LogP contribution in [-0.2, 0) is 16.1 Å². The van der Waals surface area contributed by atoms with Gasteiger partial charge in [0.2, 0.25) is 5.91 Å². The van der Waals surface area contributed by atoms with Crippen molar-refractivity contribution in [3.05, 3.63) is 17.5 Å². The van der Waals surface area contributed by atoms with Crippen molar-refractivity contribution in [1.82, 2.24) is 15.1 Å². The minimum atomic E-state index is -0.852. The van der Waals surface area contributed by atoms with Gasteiger partial charge in [-0.3, -0.25) is 14.3 Å². The summed E-state index contributed by atoms with van der Waals surface area (Å²) in [5, 5.41) is 16.3. The molecule has 0 spiro atoms. The van der Waals surface area contributed by atoms with E-state index in [9.17, 15) is 9.59 Å². The van der Waals surface area contributed by atoms with Gasteiger partial charge in [-0.1, -0.05) is 6.42 Å². The predicted molar refractivity (Wildman–Crippen MR) is 77.8 cm³/mol. The third-order valence-corrected chi connectivity index (χ3v) is 4.12. The fraction of sp³-hybridized carbons (Fsp3) is 0.667. The van der Waals surface area contributed by atoms with Crippen LogP contribution in [0.3, 0.4) is 0 Å². The van der Waals surface area contributed by atoms with Crippen molar-refractivity contribution in [2.75, 3.05) is 6.54 Å². The van der Waals surface area contributed by atoms with Crippen molar-refractivity contribution >= 4 is 11.9 Å². The molecular formula is C15H23N3O3. The highest BCUT2D eigenvalue weighted by atomic mass is 16.4. The number of carbonyl (C=O) groups excluding carboxylic acids is 1. The normalized spacial score (nSPS) is 21.4. The van der Waals surface area contributed by atoms with Crippen LogP contribution in [0, 0.1) is 25.7 Å². The quantitative estimate of drug-likeness (QED) is 0.779. The number of aryl methyl sites for hydroxylation is 3. The Hall–Kier alpha value is -1.85. The zero-order chi connectivity index (χ0) is 15.4. The molecule has 0 aromatic carbocycles. The van der Waals surface area contributed by atoms with Gasteiger partial charge < -0.3 is 10.4 Å². The van der Waals surface area contributed by atoms with Crippen LogP contribution in [0.2, 0.25) is 0 Å². The largest absolute Gasteiger partial charge is 0.481 e. The zero-order valence-corrected chi connectivity index (χ0v) is 12.6. The van der Waals surface area contributed by atoms with E-state index in [1.807, 2.05) is 24.6 Å². The summed E-state index contributed by atoms with van der Waals surface area (Å²) in [5.74, 6) is -1.85. The molecule has 1 amide bonds. The third-order valence-electron chi connectivity index (χ3n) is 4.12. The Labute approximate surface area is 124 Å². The lowest BCUT2D eigenvalue weighted by Gasteiger charge is -2.15. The average Bonchev–Trinajstić information content (AvgIpc) is 3.01. The number of aromatic nitrogens is 2. The van der Waals surface area contributed by atoms with Crippen LogP contribution in [0.1, 0.15) is 37.1 Å². The molecule has 2 atom stereocenters. The zero-order valence-electron chi connectivity index (χ0n) is 12.6. The number of nitrogens with one attached hydrogen (secondary N) is 1. The summed E-state index contributed by atoms with van der Waals surface area (Å²) in [7, 11) is 0. The molecule has 2 N–H and O–H groups in total. The van der Waals surface area contributed by atoms with Crippen LogP contribution in [0.5, 0.6) is 0 Å². The summed E-state index contributed by atoms with van der Waals surface area (Å²) in [6.07, 6.45) is 2.90. The van der Waals surface area contributed by atoms with E-state index >= 15 is 0 Å². The maximum Gasteiger partial charge on any atom is 0.307 e. The second-order valence-corrected chi connectivity index (χ2v) is 5.78. The number of rotatable bonds is 6. The fourth-order valence-electron chi connectivity index (χ4n) is 3.04. The van der Waals surface area contributed by atoms with Crippen LogP contribution in [0.4, 0.5) is 0 Å². The van der Waals surface area contributed by atoms with Gasteiger partial charge in [0.15, 0.2) is 0 Å². The highest BCUT2D eigenvalue weighted by Gasteiger charge is 2.37. The van der Waals surface area contributed by atoms with E-state index in [1.165, 1.54) is 0 Å². The Kier molecular flexibility index (Phi) is 4.98. The van der Waals surface area contributed by atoms with Crippen molar-refractivity contribution < 1.29 is 14.7 Å². The summed E-state index contributed by atoms with van der Waals surface area (Å²) >= 11 is 0. The van der Waals surface area contributed by atoms with E-state index in [0.29, 0.717) is 19.4 Å². The van der Waals surface area contributed by atoms with E-state index < -0.39 is 11.9 Å². The molecule has 6 heteroatoms. The lowest BCUT2D eigenvalue weighted by Crippen LogP contribution is -2.36. The first-order valence-electron chi connectivity index (χ1n) is 7.50. The van der Waals surface area contributed by atoms with Gasteiger partial charge >= 0.3 is 5.97 Å². The molecule has 21 heavy (non-hydrogen) atoms. The molecule has 1 aliphatic carbocycles. The van der Waals surface area contributed by atoms with Crippen LogP contribution in [0.25, 0.3) is 0 Å². The van der Waals surface area contributed by atoms with Gasteiger partial charge in [-0.15, -0.1) is 0 Å². The Morgan fingerprint density at radius 2 is 2.10 bits per heavy atom. The van der Waals surface area contributed by atoms with Crippen molar-refractivity contribution in [2.24, 2.45) is 11.8 Å². The van der Waals surface area contributed by atoms with Crippen molar-refractivity contribution in [2.45, 2.75) is 46.1 Å². The SMILES string of the molecule is Cc1cc(C)n(CCCNC(=O)C2CCCC2C(=O)O)n1. The van der Waals surface area contributed by atoms with Crippen LogP contribution >= 0.6 is 0 Å². The van der Waals surface area contributed by atoms with Gasteiger partial charge in [0.05, 0.1) is 17.5 Å². The molecule has 1 fully saturated rings. The number of hydrogen-bond acceptors (Lipinski definition) is 3. The number of amides is 1. The lowest BCUT2D eigenvalue weighted by atomic mass is 9.95. The van der Waals surface area contributed by atoms with Gasteiger partial charge in [0.25, 0.3) is 0 Å². The van der Waals surface area contributed by atoms with Gasteiger partial charge in [-0.2, -0.15) is 5.10 Å². The van der Waals surface area contributed by atoms with Gasteiger partial charge in [0.1, 0.15) is 0 Å². The summed E-state index contributed by atoms with van der Waals surface area (Å²) in [6, 6.07) is 2.02. The standard InChI is InChI=1S/C15H23N3O3/c1-10-9-11(2)18(17-10)8-4-7-16-14(19)12-5-3-6-13(12)15(20)21/h9,12-13H,3-8H2,1-2H3,(H,16,19)(H,20,21). The smallest absolute Gasteiger partial charge is 0.307 e. The fourth-order valence-corrected chi connectivity index (χ4v) is 3.04. The maximum absolute atomic E-state index is 12.0. The summed E-state index contributed by atoms with van der Waals surface area (Å²) in [4.78, 5) is 23.1. The number of carboxylic acids is 1.